The number of allylic oxidation sites excluding steroid dienone is 6. The highest BCUT2D eigenvalue weighted by Crippen LogP contribution is 2.15. The molecule has 0 spiro atoms. The first kappa shape index (κ1) is 12.7. The van der Waals surface area contributed by atoms with Crippen molar-refractivity contribution >= 4 is 29.7 Å². The Morgan fingerprint density at radius 1 is 1.39 bits per heavy atom. The van der Waals surface area contributed by atoms with Crippen LogP contribution in [0.25, 0.3) is 12.7 Å². The zero-order valence-corrected chi connectivity index (χ0v) is 11.7. The molecule has 0 N–H and O–H groups in total. The Labute approximate surface area is 111 Å². The van der Waals surface area contributed by atoms with Gasteiger partial charge in [0.15, 0.2) is 0 Å². The molecule has 3 heteroatoms. The van der Waals surface area contributed by atoms with E-state index in [4.69, 9.17) is 0 Å². The fourth-order valence-electron chi connectivity index (χ4n) is 1.85. The molecule has 0 unspecified atom stereocenters. The molecular weight excluding hydrogens is 240 g/mol. The molecular formula is C15H16N2S. The molecule has 1 aromatic heterocycles. The number of aromatic nitrogens is 1. The lowest BCUT2D eigenvalue weighted by molar-refractivity contribution is 1.22. The molecule has 1 aliphatic carbocycles. The molecule has 92 valence electrons. The molecule has 0 saturated heterocycles. The normalized spacial score (nSPS) is 20.8. The van der Waals surface area contributed by atoms with Crippen molar-refractivity contribution < 1.29 is 0 Å². The molecule has 18 heavy (non-hydrogen) atoms. The van der Waals surface area contributed by atoms with Gasteiger partial charge in [-0.1, -0.05) is 18.7 Å². The smallest absolute Gasteiger partial charge is 0.109 e. The molecule has 0 aromatic carbocycles. The van der Waals surface area contributed by atoms with E-state index in [2.05, 4.69) is 40.9 Å². The summed E-state index contributed by atoms with van der Waals surface area (Å²) >= 11 is 1.62. The third kappa shape index (κ3) is 2.57. The third-order valence-electron chi connectivity index (χ3n) is 2.78. The highest BCUT2D eigenvalue weighted by molar-refractivity contribution is 7.07. The number of rotatable bonds is 1. The van der Waals surface area contributed by atoms with Crippen molar-refractivity contribution in [1.29, 1.82) is 0 Å². The van der Waals surface area contributed by atoms with Gasteiger partial charge >= 0.3 is 0 Å². The van der Waals surface area contributed by atoms with Crippen LogP contribution in [-0.2, 0) is 0 Å². The number of nitrogens with zero attached hydrogens (tertiary/aromatic N) is 2. The predicted octanol–water partition coefficient (Wildman–Crippen LogP) is 2.16. The first-order valence-electron chi connectivity index (χ1n) is 5.81. The summed E-state index contributed by atoms with van der Waals surface area (Å²) in [5, 5.41) is 0. The summed E-state index contributed by atoms with van der Waals surface area (Å²) in [5.74, 6) is 0. The lowest BCUT2D eigenvalue weighted by Gasteiger charge is -2.08. The zero-order chi connectivity index (χ0) is 13.1. The molecule has 0 fully saturated rings. The van der Waals surface area contributed by atoms with E-state index in [1.54, 1.807) is 11.3 Å². The van der Waals surface area contributed by atoms with E-state index in [0.29, 0.717) is 0 Å². The summed E-state index contributed by atoms with van der Waals surface area (Å²) in [6.45, 7) is 7.91. The Kier molecular flexibility index (Phi) is 3.72. The summed E-state index contributed by atoms with van der Waals surface area (Å²) in [7, 11) is 1.81. The SMILES string of the molecule is C=c1nc(C)/c(=C/C2=CC(=C/C)/C(=NC)C=C2)s1. The topological polar surface area (TPSA) is 25.2 Å². The van der Waals surface area contributed by atoms with Crippen LogP contribution in [0.15, 0.2) is 40.4 Å². The van der Waals surface area contributed by atoms with Crippen molar-refractivity contribution in [2.75, 3.05) is 7.05 Å². The fraction of sp³-hybridized carbons (Fsp3) is 0.200. The minimum atomic E-state index is 0.862. The average Bonchev–Trinajstić information content (AvgIpc) is 2.67. The van der Waals surface area contributed by atoms with E-state index in [0.717, 1.165) is 21.6 Å². The van der Waals surface area contributed by atoms with Crippen LogP contribution in [0.4, 0.5) is 0 Å². The standard InChI is InChI=1S/C15H16N2S/c1-5-13-8-12(6-7-14(13)16-4)9-15-10(2)17-11(3)18-15/h5-9H,3H2,1-2,4H3/b13-5-,15-9-,16-14?. The number of aliphatic imine (C=N–C) groups is 1. The van der Waals surface area contributed by atoms with Gasteiger partial charge in [0, 0.05) is 7.05 Å². The number of hydrogen-bond donors (Lipinski definition) is 0. The van der Waals surface area contributed by atoms with Crippen molar-refractivity contribution in [2.24, 2.45) is 4.99 Å². The lowest BCUT2D eigenvalue weighted by atomic mass is 9.99. The van der Waals surface area contributed by atoms with Gasteiger partial charge in [-0.25, -0.2) is 4.98 Å². The van der Waals surface area contributed by atoms with E-state index in [1.807, 2.05) is 27.0 Å². The van der Waals surface area contributed by atoms with Gasteiger partial charge in [0.05, 0.1) is 15.9 Å². The molecule has 2 rings (SSSR count). The zero-order valence-electron chi connectivity index (χ0n) is 10.9. The van der Waals surface area contributed by atoms with Gasteiger partial charge < -0.3 is 0 Å². The van der Waals surface area contributed by atoms with E-state index in [9.17, 15) is 0 Å². The first-order valence-corrected chi connectivity index (χ1v) is 6.63. The Balaban J connectivity index is 2.47. The van der Waals surface area contributed by atoms with Gasteiger partial charge in [0.2, 0.25) is 0 Å². The fourth-order valence-corrected chi connectivity index (χ4v) is 2.67. The van der Waals surface area contributed by atoms with Gasteiger partial charge in [-0.2, -0.15) is 0 Å². The molecule has 0 bridgehead atoms. The molecule has 0 aliphatic heterocycles. The van der Waals surface area contributed by atoms with Crippen LogP contribution in [0.5, 0.6) is 0 Å². The largest absolute Gasteiger partial charge is 0.288 e. The van der Waals surface area contributed by atoms with Crippen molar-refractivity contribution in [3.05, 3.63) is 50.3 Å². The second kappa shape index (κ2) is 5.27. The van der Waals surface area contributed by atoms with Crippen molar-refractivity contribution in [2.45, 2.75) is 13.8 Å². The highest BCUT2D eigenvalue weighted by Gasteiger charge is 2.05. The van der Waals surface area contributed by atoms with Gasteiger partial charge in [-0.3, -0.25) is 4.99 Å². The summed E-state index contributed by atoms with van der Waals surface area (Å²) in [6.07, 6.45) is 10.5. The maximum Gasteiger partial charge on any atom is 0.109 e. The Morgan fingerprint density at radius 2 is 2.17 bits per heavy atom. The van der Waals surface area contributed by atoms with Crippen LogP contribution in [0.1, 0.15) is 12.6 Å². The summed E-state index contributed by atoms with van der Waals surface area (Å²) in [6, 6.07) is 0. The number of aryl methyl sites for hydroxylation is 1. The molecule has 0 saturated carbocycles. The average molecular weight is 256 g/mol. The van der Waals surface area contributed by atoms with Gasteiger partial charge in [0.1, 0.15) is 4.66 Å². The molecule has 0 amide bonds. The minimum Gasteiger partial charge on any atom is -0.288 e. The third-order valence-corrected chi connectivity index (χ3v) is 3.74. The van der Waals surface area contributed by atoms with Crippen LogP contribution < -0.4 is 9.20 Å². The molecule has 2 nitrogen and oxygen atoms in total. The molecule has 1 aliphatic rings. The monoisotopic (exact) mass is 256 g/mol. The van der Waals surface area contributed by atoms with Crippen LogP contribution in [0.2, 0.25) is 0 Å². The minimum absolute atomic E-state index is 0.862. The summed E-state index contributed by atoms with van der Waals surface area (Å²) in [5.41, 5.74) is 4.38. The van der Waals surface area contributed by atoms with Gasteiger partial charge in [-0.15, -0.1) is 11.3 Å². The maximum atomic E-state index is 4.33. The quantitative estimate of drug-likeness (QED) is 0.756. The second-order valence-corrected chi connectivity index (χ2v) is 5.15. The Hall–Kier alpha value is -1.74. The van der Waals surface area contributed by atoms with Gasteiger partial charge in [0.25, 0.3) is 0 Å². The molecule has 0 radical (unpaired) electrons. The van der Waals surface area contributed by atoms with Crippen molar-refractivity contribution in [3.63, 3.8) is 0 Å². The van der Waals surface area contributed by atoms with Gasteiger partial charge in [-0.05, 0) is 43.2 Å². The lowest BCUT2D eigenvalue weighted by Crippen LogP contribution is -2.04. The van der Waals surface area contributed by atoms with Crippen LogP contribution >= 0.6 is 11.3 Å². The van der Waals surface area contributed by atoms with Crippen LogP contribution in [-0.4, -0.2) is 17.7 Å². The van der Waals surface area contributed by atoms with Crippen LogP contribution in [0, 0.1) is 6.92 Å². The second-order valence-electron chi connectivity index (χ2n) is 4.03. The van der Waals surface area contributed by atoms with E-state index >= 15 is 0 Å². The molecule has 0 atom stereocenters. The number of thiazole rings is 1. The Bertz CT molecular complexity index is 685. The summed E-state index contributed by atoms with van der Waals surface area (Å²) in [4.78, 5) is 8.58. The first-order chi connectivity index (χ1) is 8.63. The van der Waals surface area contributed by atoms with Crippen molar-refractivity contribution in [1.82, 2.24) is 4.98 Å². The van der Waals surface area contributed by atoms with Crippen LogP contribution in [0.3, 0.4) is 0 Å². The molecule has 1 heterocycles. The van der Waals surface area contributed by atoms with E-state index in [-0.39, 0.29) is 0 Å². The Morgan fingerprint density at radius 3 is 2.72 bits per heavy atom. The highest BCUT2D eigenvalue weighted by atomic mass is 32.1. The van der Waals surface area contributed by atoms with E-state index < -0.39 is 0 Å². The maximum absolute atomic E-state index is 4.33. The van der Waals surface area contributed by atoms with E-state index in [1.165, 1.54) is 10.1 Å². The summed E-state index contributed by atoms with van der Waals surface area (Å²) < 4.78 is 2.03. The van der Waals surface area contributed by atoms with Crippen molar-refractivity contribution in [3.8, 4) is 0 Å². The number of hydrogen-bond acceptors (Lipinski definition) is 3. The predicted molar refractivity (Wildman–Crippen MR) is 80.4 cm³/mol. The molecule has 1 aromatic rings.